The molecule has 0 bridgehead atoms. The van der Waals surface area contributed by atoms with Crippen molar-refractivity contribution in [3.8, 4) is 5.75 Å². The van der Waals surface area contributed by atoms with Gasteiger partial charge in [-0.15, -0.1) is 0 Å². The molecule has 4 heteroatoms. The Bertz CT molecular complexity index is 302. The van der Waals surface area contributed by atoms with Crippen LogP contribution < -0.4 is 4.74 Å². The summed E-state index contributed by atoms with van der Waals surface area (Å²) in [5.41, 5.74) is 0.660. The molecular formula is C10H12BrFO2. The van der Waals surface area contributed by atoms with Crippen molar-refractivity contribution in [1.29, 1.82) is 0 Å². The molecule has 14 heavy (non-hydrogen) atoms. The van der Waals surface area contributed by atoms with Gasteiger partial charge in [-0.05, 0) is 25.1 Å². The highest BCUT2D eigenvalue weighted by Crippen LogP contribution is 2.28. The summed E-state index contributed by atoms with van der Waals surface area (Å²) in [6.07, 6.45) is -0.623. The maximum Gasteiger partial charge on any atom is 0.125 e. The van der Waals surface area contributed by atoms with Gasteiger partial charge in [-0.1, -0.05) is 15.9 Å². The van der Waals surface area contributed by atoms with E-state index in [1.165, 1.54) is 0 Å². The van der Waals surface area contributed by atoms with Gasteiger partial charge < -0.3 is 9.84 Å². The van der Waals surface area contributed by atoms with E-state index in [2.05, 4.69) is 15.9 Å². The zero-order valence-electron chi connectivity index (χ0n) is 7.84. The van der Waals surface area contributed by atoms with Crippen LogP contribution in [0.15, 0.2) is 22.7 Å². The highest BCUT2D eigenvalue weighted by atomic mass is 79.9. The molecule has 0 spiro atoms. The lowest BCUT2D eigenvalue weighted by atomic mass is 10.1. The van der Waals surface area contributed by atoms with Gasteiger partial charge in [0.25, 0.3) is 0 Å². The Kier molecular flexibility index (Phi) is 4.35. The van der Waals surface area contributed by atoms with Crippen LogP contribution in [0.1, 0.15) is 18.6 Å². The Hall–Kier alpha value is -0.610. The zero-order valence-corrected chi connectivity index (χ0v) is 9.42. The van der Waals surface area contributed by atoms with E-state index in [4.69, 9.17) is 4.74 Å². The van der Waals surface area contributed by atoms with Crippen LogP contribution in [0.5, 0.6) is 5.75 Å². The summed E-state index contributed by atoms with van der Waals surface area (Å²) < 4.78 is 17.9. The molecule has 0 radical (unpaired) electrons. The van der Waals surface area contributed by atoms with Gasteiger partial charge in [0.05, 0.1) is 6.10 Å². The fourth-order valence-corrected chi connectivity index (χ4v) is 1.50. The lowest BCUT2D eigenvalue weighted by Gasteiger charge is -2.12. The number of benzene rings is 1. The fourth-order valence-electron chi connectivity index (χ4n) is 1.13. The van der Waals surface area contributed by atoms with E-state index in [0.717, 1.165) is 4.47 Å². The van der Waals surface area contributed by atoms with Crippen molar-refractivity contribution in [3.05, 3.63) is 28.2 Å². The number of rotatable bonds is 4. The SMILES string of the molecule is C[C@H](O)c1cc(Br)ccc1OCCF. The summed E-state index contributed by atoms with van der Waals surface area (Å²) in [5.74, 6) is 0.529. The number of hydrogen-bond acceptors (Lipinski definition) is 2. The molecule has 0 heterocycles. The molecule has 1 aromatic carbocycles. The molecule has 0 amide bonds. The lowest BCUT2D eigenvalue weighted by molar-refractivity contribution is 0.189. The number of alkyl halides is 1. The van der Waals surface area contributed by atoms with Crippen LogP contribution in [0.2, 0.25) is 0 Å². The van der Waals surface area contributed by atoms with Crippen molar-refractivity contribution in [3.63, 3.8) is 0 Å². The van der Waals surface area contributed by atoms with Gasteiger partial charge in [-0.25, -0.2) is 4.39 Å². The molecule has 1 rings (SSSR count). The third kappa shape index (κ3) is 2.96. The average molecular weight is 263 g/mol. The van der Waals surface area contributed by atoms with Crippen molar-refractivity contribution in [2.24, 2.45) is 0 Å². The van der Waals surface area contributed by atoms with E-state index in [9.17, 15) is 9.50 Å². The molecule has 0 aliphatic heterocycles. The molecule has 1 N–H and O–H groups in total. The predicted molar refractivity (Wildman–Crippen MR) is 56.2 cm³/mol. The molecule has 0 saturated heterocycles. The summed E-state index contributed by atoms with van der Waals surface area (Å²) in [6, 6.07) is 5.26. The van der Waals surface area contributed by atoms with Crippen LogP contribution in [-0.2, 0) is 0 Å². The van der Waals surface area contributed by atoms with Crippen LogP contribution in [0.25, 0.3) is 0 Å². The molecule has 0 aliphatic carbocycles. The van der Waals surface area contributed by atoms with Crippen LogP contribution in [-0.4, -0.2) is 18.4 Å². The smallest absolute Gasteiger partial charge is 0.125 e. The molecule has 78 valence electrons. The molecule has 1 atom stereocenters. The van der Waals surface area contributed by atoms with E-state index in [-0.39, 0.29) is 6.61 Å². The van der Waals surface area contributed by atoms with Gasteiger partial charge in [0, 0.05) is 10.0 Å². The van der Waals surface area contributed by atoms with Gasteiger partial charge in [0.2, 0.25) is 0 Å². The van der Waals surface area contributed by atoms with E-state index in [1.807, 2.05) is 0 Å². The van der Waals surface area contributed by atoms with Crippen molar-refractivity contribution < 1.29 is 14.2 Å². The van der Waals surface area contributed by atoms with Gasteiger partial charge >= 0.3 is 0 Å². The van der Waals surface area contributed by atoms with Crippen LogP contribution in [0.4, 0.5) is 4.39 Å². The number of ether oxygens (including phenoxy) is 1. The topological polar surface area (TPSA) is 29.5 Å². The minimum atomic E-state index is -0.623. The molecular weight excluding hydrogens is 251 g/mol. The first-order valence-corrected chi connectivity index (χ1v) is 5.10. The third-order valence-electron chi connectivity index (χ3n) is 1.76. The first-order valence-electron chi connectivity index (χ1n) is 4.31. The monoisotopic (exact) mass is 262 g/mol. The first-order chi connectivity index (χ1) is 6.65. The second-order valence-corrected chi connectivity index (χ2v) is 3.81. The lowest BCUT2D eigenvalue weighted by Crippen LogP contribution is -2.03. The maximum atomic E-state index is 11.9. The van der Waals surface area contributed by atoms with Gasteiger partial charge in [0.15, 0.2) is 0 Å². The molecule has 0 fully saturated rings. The van der Waals surface area contributed by atoms with Crippen LogP contribution in [0.3, 0.4) is 0 Å². The Morgan fingerprint density at radius 3 is 2.86 bits per heavy atom. The van der Waals surface area contributed by atoms with E-state index in [0.29, 0.717) is 11.3 Å². The van der Waals surface area contributed by atoms with Gasteiger partial charge in [-0.2, -0.15) is 0 Å². The van der Waals surface area contributed by atoms with Crippen molar-refractivity contribution >= 4 is 15.9 Å². The van der Waals surface area contributed by atoms with E-state index >= 15 is 0 Å². The Labute approximate surface area is 90.8 Å². The second kappa shape index (κ2) is 5.32. The third-order valence-corrected chi connectivity index (χ3v) is 2.25. The highest BCUT2D eigenvalue weighted by Gasteiger charge is 2.09. The van der Waals surface area contributed by atoms with Gasteiger partial charge in [0.1, 0.15) is 19.0 Å². The van der Waals surface area contributed by atoms with Crippen molar-refractivity contribution in [1.82, 2.24) is 0 Å². The van der Waals surface area contributed by atoms with Crippen molar-refractivity contribution in [2.75, 3.05) is 13.3 Å². The first kappa shape index (κ1) is 11.5. The summed E-state index contributed by atoms with van der Waals surface area (Å²) >= 11 is 3.29. The second-order valence-electron chi connectivity index (χ2n) is 2.90. The van der Waals surface area contributed by atoms with E-state index < -0.39 is 12.8 Å². The molecule has 1 aromatic rings. The van der Waals surface area contributed by atoms with Gasteiger partial charge in [-0.3, -0.25) is 0 Å². The van der Waals surface area contributed by atoms with E-state index in [1.54, 1.807) is 25.1 Å². The van der Waals surface area contributed by atoms with Crippen molar-refractivity contribution in [2.45, 2.75) is 13.0 Å². The molecule has 0 aromatic heterocycles. The maximum absolute atomic E-state index is 11.9. The minimum absolute atomic E-state index is 0.0152. The number of halogens is 2. The normalized spacial score (nSPS) is 12.6. The molecule has 0 aliphatic rings. The number of hydrogen-bond donors (Lipinski definition) is 1. The summed E-state index contributed by atoms with van der Waals surface area (Å²) in [4.78, 5) is 0. The average Bonchev–Trinajstić information content (AvgIpc) is 2.15. The minimum Gasteiger partial charge on any atom is -0.490 e. The quantitative estimate of drug-likeness (QED) is 0.905. The largest absolute Gasteiger partial charge is 0.490 e. The Morgan fingerprint density at radius 1 is 1.57 bits per heavy atom. The fraction of sp³-hybridized carbons (Fsp3) is 0.400. The zero-order chi connectivity index (χ0) is 10.6. The molecule has 0 unspecified atom stereocenters. The van der Waals surface area contributed by atoms with Crippen LogP contribution in [0, 0.1) is 0 Å². The highest BCUT2D eigenvalue weighted by molar-refractivity contribution is 9.10. The standard InChI is InChI=1S/C10H12BrFO2/c1-7(13)9-6-8(11)2-3-10(9)14-5-4-12/h2-3,6-7,13H,4-5H2,1H3/t7-/m0/s1. The predicted octanol–water partition coefficient (Wildman–Crippen LogP) is 2.85. The Morgan fingerprint density at radius 2 is 2.29 bits per heavy atom. The number of aliphatic hydroxyl groups is 1. The molecule has 2 nitrogen and oxygen atoms in total. The number of aliphatic hydroxyl groups excluding tert-OH is 1. The molecule has 0 saturated carbocycles. The summed E-state index contributed by atoms with van der Waals surface area (Å²) in [7, 11) is 0. The Balaban J connectivity index is 2.90. The summed E-state index contributed by atoms with van der Waals surface area (Å²) in [5, 5.41) is 9.43. The van der Waals surface area contributed by atoms with Crippen LogP contribution >= 0.6 is 15.9 Å². The summed E-state index contributed by atoms with van der Waals surface area (Å²) in [6.45, 7) is 1.13.